The number of hydrogen-bond donors (Lipinski definition) is 2. The lowest BCUT2D eigenvalue weighted by molar-refractivity contribution is 0.317. The normalized spacial score (nSPS) is 10.9. The van der Waals surface area contributed by atoms with Crippen LogP contribution in [0.2, 0.25) is 0 Å². The van der Waals surface area contributed by atoms with Crippen molar-refractivity contribution in [2.75, 3.05) is 26.7 Å². The second-order valence-corrected chi connectivity index (χ2v) is 5.32. The summed E-state index contributed by atoms with van der Waals surface area (Å²) in [7, 11) is 1.76. The van der Waals surface area contributed by atoms with Gasteiger partial charge in [0.25, 0.3) is 0 Å². The van der Waals surface area contributed by atoms with Crippen LogP contribution in [0.5, 0.6) is 5.75 Å². The third-order valence-electron chi connectivity index (χ3n) is 3.52. The number of halogens is 1. The molecule has 0 spiro atoms. The first-order chi connectivity index (χ1) is 11.2. The van der Waals surface area contributed by atoms with E-state index in [0.717, 1.165) is 41.6 Å². The van der Waals surface area contributed by atoms with Gasteiger partial charge in [0.2, 0.25) is 0 Å². The predicted molar refractivity (Wildman–Crippen MR) is 109 cm³/mol. The van der Waals surface area contributed by atoms with E-state index in [9.17, 15) is 0 Å². The highest BCUT2D eigenvalue weighted by Crippen LogP contribution is 2.21. The van der Waals surface area contributed by atoms with E-state index in [0.29, 0.717) is 13.2 Å². The molecule has 1 heterocycles. The molecule has 0 aliphatic rings. The Balaban J connectivity index is 0.00000288. The minimum Gasteiger partial charge on any atom is -0.491 e. The Morgan fingerprint density at radius 1 is 1.08 bits per heavy atom. The van der Waals surface area contributed by atoms with Crippen LogP contribution in [0.15, 0.2) is 46.0 Å². The Morgan fingerprint density at radius 2 is 1.79 bits per heavy atom. The summed E-state index contributed by atoms with van der Waals surface area (Å²) in [5.74, 6) is 2.70. The van der Waals surface area contributed by atoms with E-state index in [2.05, 4.69) is 41.6 Å². The molecule has 0 fully saturated rings. The lowest BCUT2D eigenvalue weighted by Gasteiger charge is -2.14. The highest BCUT2D eigenvalue weighted by Gasteiger charge is 2.03. The van der Waals surface area contributed by atoms with Crippen molar-refractivity contribution in [1.29, 1.82) is 0 Å². The summed E-state index contributed by atoms with van der Waals surface area (Å²) in [6.07, 6.45) is 2.51. The number of para-hydroxylation sites is 1. The molecular weight excluding hydrogens is 417 g/mol. The molecule has 0 unspecified atom stereocenters. The zero-order valence-electron chi connectivity index (χ0n) is 14.5. The van der Waals surface area contributed by atoms with Gasteiger partial charge in [0.15, 0.2) is 5.96 Å². The van der Waals surface area contributed by atoms with Gasteiger partial charge >= 0.3 is 0 Å². The number of hydrogen-bond acceptors (Lipinski definition) is 3. The number of rotatable bonds is 7. The van der Waals surface area contributed by atoms with Crippen molar-refractivity contribution >= 4 is 29.9 Å². The van der Waals surface area contributed by atoms with Crippen molar-refractivity contribution in [3.63, 3.8) is 0 Å². The van der Waals surface area contributed by atoms with Gasteiger partial charge in [-0.05, 0) is 37.1 Å². The van der Waals surface area contributed by atoms with Crippen LogP contribution >= 0.6 is 24.0 Å². The SMILES string of the molecule is CN=C(NCCOc1c(C)cccc1C)NCCc1ccco1.I. The lowest BCUT2D eigenvalue weighted by atomic mass is 10.1. The molecule has 0 saturated heterocycles. The Bertz CT molecular complexity index is 607. The maximum atomic E-state index is 5.87. The van der Waals surface area contributed by atoms with Crippen molar-refractivity contribution in [1.82, 2.24) is 10.6 Å². The fourth-order valence-corrected chi connectivity index (χ4v) is 2.33. The summed E-state index contributed by atoms with van der Waals surface area (Å²) >= 11 is 0. The Labute approximate surface area is 160 Å². The Kier molecular flexibility index (Phi) is 9.29. The number of guanidine groups is 1. The molecule has 5 nitrogen and oxygen atoms in total. The zero-order valence-corrected chi connectivity index (χ0v) is 16.8. The minimum atomic E-state index is 0. The fraction of sp³-hybridized carbons (Fsp3) is 0.389. The molecule has 1 aromatic heterocycles. The van der Waals surface area contributed by atoms with Gasteiger partial charge in [0.05, 0.1) is 12.8 Å². The van der Waals surface area contributed by atoms with Gasteiger partial charge in [-0.3, -0.25) is 4.99 Å². The van der Waals surface area contributed by atoms with Crippen molar-refractivity contribution in [2.45, 2.75) is 20.3 Å². The average molecular weight is 443 g/mol. The average Bonchev–Trinajstić information content (AvgIpc) is 3.05. The molecule has 24 heavy (non-hydrogen) atoms. The second-order valence-electron chi connectivity index (χ2n) is 5.32. The predicted octanol–water partition coefficient (Wildman–Crippen LogP) is 3.30. The van der Waals surface area contributed by atoms with Crippen molar-refractivity contribution in [2.24, 2.45) is 4.99 Å². The first kappa shape index (κ1) is 20.3. The van der Waals surface area contributed by atoms with Gasteiger partial charge in [0.1, 0.15) is 18.1 Å². The Hall–Kier alpha value is -1.70. The van der Waals surface area contributed by atoms with Gasteiger partial charge in [-0.1, -0.05) is 18.2 Å². The van der Waals surface area contributed by atoms with E-state index in [1.54, 1.807) is 13.3 Å². The number of aliphatic imine (C=N–C) groups is 1. The van der Waals surface area contributed by atoms with Gasteiger partial charge in [-0.2, -0.15) is 0 Å². The molecule has 0 saturated carbocycles. The number of nitrogens with one attached hydrogen (secondary N) is 2. The van der Waals surface area contributed by atoms with Crippen molar-refractivity contribution < 1.29 is 9.15 Å². The fourth-order valence-electron chi connectivity index (χ4n) is 2.33. The van der Waals surface area contributed by atoms with Crippen LogP contribution in [-0.2, 0) is 6.42 Å². The summed E-state index contributed by atoms with van der Waals surface area (Å²) in [5, 5.41) is 6.49. The number of nitrogens with zero attached hydrogens (tertiary/aromatic N) is 1. The standard InChI is InChI=1S/C18H25N3O2.HI/c1-14-6-4-7-15(2)17(14)23-13-11-21-18(19-3)20-10-9-16-8-5-12-22-16;/h4-8,12H,9-11,13H2,1-3H3,(H2,19,20,21);1H. The molecular formula is C18H26IN3O2. The number of benzene rings is 1. The number of furan rings is 1. The van der Waals surface area contributed by atoms with E-state index >= 15 is 0 Å². The maximum absolute atomic E-state index is 5.87. The molecule has 0 aliphatic carbocycles. The quantitative estimate of drug-likeness (QED) is 0.299. The topological polar surface area (TPSA) is 58.8 Å². The van der Waals surface area contributed by atoms with Crippen LogP contribution in [0.1, 0.15) is 16.9 Å². The second kappa shape index (κ2) is 11.0. The van der Waals surface area contributed by atoms with Gasteiger partial charge in [0, 0.05) is 20.0 Å². The van der Waals surface area contributed by atoms with E-state index in [4.69, 9.17) is 9.15 Å². The zero-order chi connectivity index (χ0) is 16.5. The molecule has 0 bridgehead atoms. The molecule has 2 rings (SSSR count). The van der Waals surface area contributed by atoms with E-state index in [1.165, 1.54) is 0 Å². The smallest absolute Gasteiger partial charge is 0.191 e. The lowest BCUT2D eigenvalue weighted by Crippen LogP contribution is -2.40. The highest BCUT2D eigenvalue weighted by molar-refractivity contribution is 14.0. The molecule has 0 amide bonds. The summed E-state index contributed by atoms with van der Waals surface area (Å²) < 4.78 is 11.2. The third kappa shape index (κ3) is 6.43. The Morgan fingerprint density at radius 3 is 2.42 bits per heavy atom. The molecule has 2 N–H and O–H groups in total. The van der Waals surface area contributed by atoms with Crippen molar-refractivity contribution in [3.05, 3.63) is 53.5 Å². The number of aryl methyl sites for hydroxylation is 2. The van der Waals surface area contributed by atoms with E-state index < -0.39 is 0 Å². The molecule has 0 radical (unpaired) electrons. The first-order valence-electron chi connectivity index (χ1n) is 7.86. The van der Waals surface area contributed by atoms with Crippen LogP contribution in [0.25, 0.3) is 0 Å². The molecule has 1 aromatic carbocycles. The van der Waals surface area contributed by atoms with E-state index in [-0.39, 0.29) is 24.0 Å². The summed E-state index contributed by atoms with van der Waals surface area (Å²) in [4.78, 5) is 4.19. The van der Waals surface area contributed by atoms with Crippen LogP contribution < -0.4 is 15.4 Å². The molecule has 0 aliphatic heterocycles. The number of ether oxygens (including phenoxy) is 1. The van der Waals surface area contributed by atoms with Crippen LogP contribution in [0, 0.1) is 13.8 Å². The molecule has 0 atom stereocenters. The van der Waals surface area contributed by atoms with Crippen LogP contribution in [-0.4, -0.2) is 32.7 Å². The molecule has 2 aromatic rings. The van der Waals surface area contributed by atoms with Crippen LogP contribution in [0.4, 0.5) is 0 Å². The minimum absolute atomic E-state index is 0. The third-order valence-corrected chi connectivity index (χ3v) is 3.52. The van der Waals surface area contributed by atoms with Gasteiger partial charge in [-0.15, -0.1) is 24.0 Å². The molecule has 132 valence electrons. The monoisotopic (exact) mass is 443 g/mol. The largest absolute Gasteiger partial charge is 0.491 e. The maximum Gasteiger partial charge on any atom is 0.191 e. The first-order valence-corrected chi connectivity index (χ1v) is 7.86. The highest BCUT2D eigenvalue weighted by atomic mass is 127. The van der Waals surface area contributed by atoms with Crippen molar-refractivity contribution in [3.8, 4) is 5.75 Å². The summed E-state index contributed by atoms with van der Waals surface area (Å²) in [5.41, 5.74) is 2.32. The van der Waals surface area contributed by atoms with E-state index in [1.807, 2.05) is 18.2 Å². The van der Waals surface area contributed by atoms with Crippen LogP contribution in [0.3, 0.4) is 0 Å². The summed E-state index contributed by atoms with van der Waals surface area (Å²) in [6, 6.07) is 10.0. The summed E-state index contributed by atoms with van der Waals surface area (Å²) in [6.45, 7) is 6.17. The van der Waals surface area contributed by atoms with Gasteiger partial charge in [-0.25, -0.2) is 0 Å². The van der Waals surface area contributed by atoms with Gasteiger partial charge < -0.3 is 19.8 Å². The molecule has 6 heteroatoms.